The average Bonchev–Trinajstić information content (AvgIpc) is 2.47. The fourth-order valence-electron chi connectivity index (χ4n) is 1.79. The van der Waals surface area contributed by atoms with Gasteiger partial charge in [-0.1, -0.05) is 30.4 Å². The van der Waals surface area contributed by atoms with E-state index in [1.807, 2.05) is 0 Å². The van der Waals surface area contributed by atoms with Crippen molar-refractivity contribution in [2.24, 2.45) is 5.73 Å². The van der Waals surface area contributed by atoms with Crippen LogP contribution in [0.1, 0.15) is 5.56 Å². The minimum atomic E-state index is -0.382. The Labute approximate surface area is 128 Å². The van der Waals surface area contributed by atoms with Crippen molar-refractivity contribution in [2.45, 2.75) is 0 Å². The summed E-state index contributed by atoms with van der Waals surface area (Å²) < 4.78 is 5.10. The number of rotatable bonds is 4. The molecular formula is C15H15N3O2S. The maximum absolute atomic E-state index is 12.0. The van der Waals surface area contributed by atoms with Gasteiger partial charge in [0.25, 0.3) is 0 Å². The Morgan fingerprint density at radius 1 is 1.14 bits per heavy atom. The molecule has 0 radical (unpaired) electrons. The molecule has 4 N–H and O–H groups in total. The summed E-state index contributed by atoms with van der Waals surface area (Å²) in [4.78, 5) is 12.2. The third kappa shape index (κ3) is 3.93. The van der Waals surface area contributed by atoms with Crippen LogP contribution >= 0.6 is 12.2 Å². The van der Waals surface area contributed by atoms with Crippen molar-refractivity contribution in [1.29, 1.82) is 0 Å². The molecule has 2 rings (SSSR count). The number of anilines is 2. The number of nitrogens with one attached hydrogen (secondary N) is 2. The first-order chi connectivity index (χ1) is 10.1. The van der Waals surface area contributed by atoms with Crippen LogP contribution in [0, 0.1) is 0 Å². The average molecular weight is 301 g/mol. The number of para-hydroxylation sites is 1. The van der Waals surface area contributed by atoms with Crippen LogP contribution in [0.25, 0.3) is 0 Å². The topological polar surface area (TPSA) is 76.4 Å². The first-order valence-electron chi connectivity index (χ1n) is 6.21. The molecule has 0 heterocycles. The summed E-state index contributed by atoms with van der Waals surface area (Å²) in [7, 11) is 1.57. The Balaban J connectivity index is 2.10. The summed E-state index contributed by atoms with van der Waals surface area (Å²) >= 11 is 4.95. The summed E-state index contributed by atoms with van der Waals surface area (Å²) in [6, 6.07) is 13.8. The fourth-order valence-corrected chi connectivity index (χ4v) is 1.97. The van der Waals surface area contributed by atoms with Gasteiger partial charge >= 0.3 is 6.03 Å². The van der Waals surface area contributed by atoms with E-state index >= 15 is 0 Å². The molecule has 2 aromatic carbocycles. The Hall–Kier alpha value is -2.60. The molecule has 0 spiro atoms. The first-order valence-corrected chi connectivity index (χ1v) is 6.62. The van der Waals surface area contributed by atoms with E-state index in [-0.39, 0.29) is 11.0 Å². The zero-order valence-electron chi connectivity index (χ0n) is 11.4. The van der Waals surface area contributed by atoms with E-state index in [9.17, 15) is 4.79 Å². The highest BCUT2D eigenvalue weighted by molar-refractivity contribution is 7.80. The zero-order chi connectivity index (χ0) is 15.2. The second-order valence-electron chi connectivity index (χ2n) is 4.22. The van der Waals surface area contributed by atoms with Gasteiger partial charge in [-0.3, -0.25) is 0 Å². The number of thiocarbonyl (C=S) groups is 1. The van der Waals surface area contributed by atoms with Crippen molar-refractivity contribution in [3.05, 3.63) is 54.1 Å². The van der Waals surface area contributed by atoms with Crippen LogP contribution in [0.3, 0.4) is 0 Å². The van der Waals surface area contributed by atoms with Crippen molar-refractivity contribution in [3.63, 3.8) is 0 Å². The molecular weight excluding hydrogens is 286 g/mol. The normalized spacial score (nSPS) is 9.76. The fraction of sp³-hybridized carbons (Fsp3) is 0.0667. The molecule has 6 heteroatoms. The van der Waals surface area contributed by atoms with Crippen LogP contribution < -0.4 is 21.1 Å². The predicted octanol–water partition coefficient (Wildman–Crippen LogP) is 2.97. The van der Waals surface area contributed by atoms with Crippen LogP contribution in [0.2, 0.25) is 0 Å². The Morgan fingerprint density at radius 3 is 2.62 bits per heavy atom. The highest BCUT2D eigenvalue weighted by Gasteiger charge is 2.08. The summed E-state index contributed by atoms with van der Waals surface area (Å²) in [5.74, 6) is 0.663. The molecule has 0 aliphatic rings. The Morgan fingerprint density at radius 2 is 1.90 bits per heavy atom. The van der Waals surface area contributed by atoms with Crippen molar-refractivity contribution in [1.82, 2.24) is 0 Å². The number of carbonyl (C=O) groups is 1. The summed E-state index contributed by atoms with van der Waals surface area (Å²) in [6.45, 7) is 0. The van der Waals surface area contributed by atoms with Gasteiger partial charge in [-0.15, -0.1) is 0 Å². The lowest BCUT2D eigenvalue weighted by Gasteiger charge is -2.11. The molecule has 0 fully saturated rings. The van der Waals surface area contributed by atoms with Gasteiger partial charge in [-0.05, 0) is 24.3 Å². The SMILES string of the molecule is COc1cccc(NC(=O)Nc2ccccc2C(N)=S)c1. The number of hydrogen-bond donors (Lipinski definition) is 3. The molecule has 5 nitrogen and oxygen atoms in total. The Bertz CT molecular complexity index is 673. The van der Waals surface area contributed by atoms with E-state index in [0.717, 1.165) is 0 Å². The van der Waals surface area contributed by atoms with Crippen molar-refractivity contribution >= 4 is 34.6 Å². The molecule has 0 unspecified atom stereocenters. The zero-order valence-corrected chi connectivity index (χ0v) is 12.2. The molecule has 108 valence electrons. The van der Waals surface area contributed by atoms with Crippen LogP contribution in [0.4, 0.5) is 16.2 Å². The van der Waals surface area contributed by atoms with Gasteiger partial charge in [-0.25, -0.2) is 4.79 Å². The van der Waals surface area contributed by atoms with E-state index in [1.54, 1.807) is 55.6 Å². The molecule has 0 saturated carbocycles. The number of amides is 2. The van der Waals surface area contributed by atoms with Gasteiger partial charge in [-0.2, -0.15) is 0 Å². The van der Waals surface area contributed by atoms with Gasteiger partial charge in [0.1, 0.15) is 10.7 Å². The lowest BCUT2D eigenvalue weighted by Crippen LogP contribution is -2.22. The maximum atomic E-state index is 12.0. The molecule has 0 saturated heterocycles. The summed E-state index contributed by atoms with van der Waals surface area (Å²) in [5.41, 5.74) is 7.43. The monoisotopic (exact) mass is 301 g/mol. The smallest absolute Gasteiger partial charge is 0.323 e. The van der Waals surface area contributed by atoms with E-state index in [2.05, 4.69) is 10.6 Å². The molecule has 21 heavy (non-hydrogen) atoms. The molecule has 0 aliphatic heterocycles. The highest BCUT2D eigenvalue weighted by atomic mass is 32.1. The number of hydrogen-bond acceptors (Lipinski definition) is 3. The minimum Gasteiger partial charge on any atom is -0.497 e. The van der Waals surface area contributed by atoms with E-state index in [0.29, 0.717) is 22.7 Å². The van der Waals surface area contributed by atoms with E-state index < -0.39 is 0 Å². The van der Waals surface area contributed by atoms with Crippen molar-refractivity contribution < 1.29 is 9.53 Å². The standard InChI is InChI=1S/C15H15N3O2S/c1-20-11-6-4-5-10(9-11)17-15(19)18-13-8-3-2-7-12(13)14(16)21/h2-9H,1H3,(H2,16,21)(H2,17,18,19). The number of nitrogens with two attached hydrogens (primary N) is 1. The maximum Gasteiger partial charge on any atom is 0.323 e. The second-order valence-corrected chi connectivity index (χ2v) is 4.66. The van der Waals surface area contributed by atoms with E-state index in [4.69, 9.17) is 22.7 Å². The molecule has 2 amide bonds. The van der Waals surface area contributed by atoms with Gasteiger partial charge in [0.05, 0.1) is 12.8 Å². The lowest BCUT2D eigenvalue weighted by atomic mass is 10.2. The number of urea groups is 1. The van der Waals surface area contributed by atoms with Crippen LogP contribution in [0.5, 0.6) is 5.75 Å². The number of benzene rings is 2. The van der Waals surface area contributed by atoms with Gasteiger partial charge in [0, 0.05) is 17.3 Å². The third-order valence-electron chi connectivity index (χ3n) is 2.77. The quantitative estimate of drug-likeness (QED) is 0.759. The number of carbonyl (C=O) groups excluding carboxylic acids is 1. The number of methoxy groups -OCH3 is 1. The van der Waals surface area contributed by atoms with Crippen LogP contribution in [-0.4, -0.2) is 18.1 Å². The lowest BCUT2D eigenvalue weighted by molar-refractivity contribution is 0.262. The number of ether oxygens (including phenoxy) is 1. The summed E-state index contributed by atoms with van der Waals surface area (Å²) in [6.07, 6.45) is 0. The molecule has 0 atom stereocenters. The van der Waals surface area contributed by atoms with Gasteiger partial charge < -0.3 is 21.1 Å². The molecule has 0 aromatic heterocycles. The highest BCUT2D eigenvalue weighted by Crippen LogP contribution is 2.18. The summed E-state index contributed by atoms with van der Waals surface area (Å²) in [5, 5.41) is 5.44. The van der Waals surface area contributed by atoms with Gasteiger partial charge in [0.15, 0.2) is 0 Å². The van der Waals surface area contributed by atoms with Crippen molar-refractivity contribution in [2.75, 3.05) is 17.7 Å². The first kappa shape index (κ1) is 14.8. The van der Waals surface area contributed by atoms with Crippen molar-refractivity contribution in [3.8, 4) is 5.75 Å². The molecule has 2 aromatic rings. The Kier molecular flexibility index (Phi) is 4.73. The second kappa shape index (κ2) is 6.71. The third-order valence-corrected chi connectivity index (χ3v) is 2.99. The molecule has 0 aliphatic carbocycles. The largest absolute Gasteiger partial charge is 0.497 e. The minimum absolute atomic E-state index is 0.229. The predicted molar refractivity (Wildman–Crippen MR) is 88.0 cm³/mol. The van der Waals surface area contributed by atoms with Crippen LogP contribution in [0.15, 0.2) is 48.5 Å². The van der Waals surface area contributed by atoms with Gasteiger partial charge in [0.2, 0.25) is 0 Å². The van der Waals surface area contributed by atoms with E-state index in [1.165, 1.54) is 0 Å². The molecule has 0 bridgehead atoms. The van der Waals surface area contributed by atoms with Crippen LogP contribution in [-0.2, 0) is 0 Å².